The Morgan fingerprint density at radius 2 is 2.46 bits per heavy atom. The number of rotatable bonds is 4. The highest BCUT2D eigenvalue weighted by molar-refractivity contribution is 5.68. The van der Waals surface area contributed by atoms with Crippen molar-refractivity contribution >= 4 is 5.97 Å². The molecule has 1 aromatic heterocycles. The first kappa shape index (κ1) is 9.57. The van der Waals surface area contributed by atoms with Gasteiger partial charge in [0.25, 0.3) is 0 Å². The van der Waals surface area contributed by atoms with E-state index >= 15 is 0 Å². The van der Waals surface area contributed by atoms with E-state index in [-0.39, 0.29) is 6.61 Å². The molecule has 0 aliphatic rings. The Morgan fingerprint density at radius 3 is 2.92 bits per heavy atom. The SMILES string of the molecule is CCc1cc(OCC(=O)O)n(C)n1. The third-order valence-electron chi connectivity index (χ3n) is 1.59. The van der Waals surface area contributed by atoms with Crippen molar-refractivity contribution in [2.45, 2.75) is 13.3 Å². The molecule has 0 saturated heterocycles. The van der Waals surface area contributed by atoms with Gasteiger partial charge in [-0.2, -0.15) is 5.10 Å². The number of aliphatic carboxylic acids is 1. The second-order valence-corrected chi connectivity index (χ2v) is 2.63. The maximum Gasteiger partial charge on any atom is 0.341 e. The largest absolute Gasteiger partial charge is 0.479 e. The summed E-state index contributed by atoms with van der Waals surface area (Å²) in [4.78, 5) is 10.2. The third kappa shape index (κ3) is 2.47. The molecule has 1 N–H and O–H groups in total. The van der Waals surface area contributed by atoms with Crippen molar-refractivity contribution < 1.29 is 14.6 Å². The van der Waals surface area contributed by atoms with Crippen molar-refractivity contribution in [3.63, 3.8) is 0 Å². The fourth-order valence-corrected chi connectivity index (χ4v) is 0.950. The van der Waals surface area contributed by atoms with Crippen LogP contribution < -0.4 is 4.74 Å². The highest BCUT2D eigenvalue weighted by Gasteiger charge is 2.05. The zero-order valence-electron chi connectivity index (χ0n) is 7.65. The topological polar surface area (TPSA) is 64.3 Å². The molecule has 13 heavy (non-hydrogen) atoms. The Labute approximate surface area is 75.9 Å². The average Bonchev–Trinajstić information content (AvgIpc) is 2.43. The lowest BCUT2D eigenvalue weighted by molar-refractivity contribution is -0.139. The number of carbonyl (C=O) groups is 1. The van der Waals surface area contributed by atoms with Crippen LogP contribution >= 0.6 is 0 Å². The number of carboxylic acid groups (broad SMARTS) is 1. The van der Waals surface area contributed by atoms with Gasteiger partial charge in [-0.15, -0.1) is 0 Å². The molecular weight excluding hydrogens is 172 g/mol. The van der Waals surface area contributed by atoms with Crippen LogP contribution in [0.5, 0.6) is 5.88 Å². The van der Waals surface area contributed by atoms with Crippen LogP contribution in [0.15, 0.2) is 6.07 Å². The van der Waals surface area contributed by atoms with Gasteiger partial charge in [-0.05, 0) is 6.42 Å². The molecule has 0 spiro atoms. The summed E-state index contributed by atoms with van der Waals surface area (Å²) < 4.78 is 6.51. The van der Waals surface area contributed by atoms with Crippen molar-refractivity contribution in [1.82, 2.24) is 9.78 Å². The van der Waals surface area contributed by atoms with Gasteiger partial charge in [0.05, 0.1) is 5.69 Å². The summed E-state index contributed by atoms with van der Waals surface area (Å²) in [5.74, 6) is -0.501. The minimum Gasteiger partial charge on any atom is -0.479 e. The summed E-state index contributed by atoms with van der Waals surface area (Å²) in [6.07, 6.45) is 0.810. The highest BCUT2D eigenvalue weighted by atomic mass is 16.5. The number of nitrogens with zero attached hydrogens (tertiary/aromatic N) is 2. The van der Waals surface area contributed by atoms with Gasteiger partial charge in [0.2, 0.25) is 5.88 Å². The van der Waals surface area contributed by atoms with Gasteiger partial charge in [-0.3, -0.25) is 0 Å². The summed E-state index contributed by atoms with van der Waals surface area (Å²) in [5.41, 5.74) is 0.892. The summed E-state index contributed by atoms with van der Waals surface area (Å²) in [5, 5.41) is 12.5. The minimum atomic E-state index is -0.987. The number of ether oxygens (including phenoxy) is 1. The molecular formula is C8H12N2O3. The van der Waals surface area contributed by atoms with Crippen molar-refractivity contribution in [1.29, 1.82) is 0 Å². The molecule has 1 aromatic rings. The number of aryl methyl sites for hydroxylation is 2. The molecule has 0 amide bonds. The Kier molecular flexibility index (Phi) is 2.89. The second kappa shape index (κ2) is 3.93. The van der Waals surface area contributed by atoms with Gasteiger partial charge in [0.15, 0.2) is 6.61 Å². The molecule has 0 unspecified atom stereocenters. The maximum atomic E-state index is 10.2. The average molecular weight is 184 g/mol. The van der Waals surface area contributed by atoms with Crippen LogP contribution in [0.2, 0.25) is 0 Å². The molecule has 0 aromatic carbocycles. The van der Waals surface area contributed by atoms with Crippen LogP contribution in [0, 0.1) is 0 Å². The third-order valence-corrected chi connectivity index (χ3v) is 1.59. The molecule has 0 aliphatic heterocycles. The van der Waals surface area contributed by atoms with Crippen LogP contribution in [0.4, 0.5) is 0 Å². The molecule has 5 heteroatoms. The molecule has 0 saturated carbocycles. The van der Waals surface area contributed by atoms with E-state index in [0.717, 1.165) is 12.1 Å². The van der Waals surface area contributed by atoms with Crippen LogP contribution in [0.1, 0.15) is 12.6 Å². The molecule has 0 bridgehead atoms. The Hall–Kier alpha value is -1.52. The smallest absolute Gasteiger partial charge is 0.341 e. The summed E-state index contributed by atoms with van der Waals surface area (Å²) >= 11 is 0. The Morgan fingerprint density at radius 1 is 1.77 bits per heavy atom. The first-order valence-electron chi connectivity index (χ1n) is 4.01. The van der Waals surface area contributed by atoms with E-state index in [2.05, 4.69) is 5.10 Å². The van der Waals surface area contributed by atoms with E-state index in [1.165, 1.54) is 4.68 Å². The van der Waals surface area contributed by atoms with E-state index in [1.807, 2.05) is 6.92 Å². The molecule has 72 valence electrons. The predicted octanol–water partition coefficient (Wildman–Crippen LogP) is 0.446. The summed E-state index contributed by atoms with van der Waals surface area (Å²) in [6, 6.07) is 1.74. The number of aromatic nitrogens is 2. The van der Waals surface area contributed by atoms with Crippen molar-refractivity contribution in [3.8, 4) is 5.88 Å². The van der Waals surface area contributed by atoms with Gasteiger partial charge in [0, 0.05) is 13.1 Å². The maximum absolute atomic E-state index is 10.2. The Bertz CT molecular complexity index is 306. The summed E-state index contributed by atoms with van der Waals surface area (Å²) in [6.45, 7) is 1.64. The minimum absolute atomic E-state index is 0.331. The Balaban J connectivity index is 2.65. The van der Waals surface area contributed by atoms with Crippen LogP contribution in [0.25, 0.3) is 0 Å². The fourth-order valence-electron chi connectivity index (χ4n) is 0.950. The summed E-state index contributed by atoms with van der Waals surface area (Å²) in [7, 11) is 1.72. The second-order valence-electron chi connectivity index (χ2n) is 2.63. The predicted molar refractivity (Wildman–Crippen MR) is 45.7 cm³/mol. The first-order valence-corrected chi connectivity index (χ1v) is 4.01. The monoisotopic (exact) mass is 184 g/mol. The lowest BCUT2D eigenvalue weighted by atomic mass is 10.3. The number of carboxylic acids is 1. The lowest BCUT2D eigenvalue weighted by Gasteiger charge is -2.00. The van der Waals surface area contributed by atoms with Gasteiger partial charge < -0.3 is 9.84 Å². The number of hydrogen-bond acceptors (Lipinski definition) is 3. The molecule has 1 rings (SSSR count). The molecule has 0 fully saturated rings. The van der Waals surface area contributed by atoms with E-state index in [9.17, 15) is 4.79 Å². The zero-order valence-corrected chi connectivity index (χ0v) is 7.65. The van der Waals surface area contributed by atoms with Gasteiger partial charge in [-0.25, -0.2) is 9.48 Å². The van der Waals surface area contributed by atoms with Crippen molar-refractivity contribution in [2.24, 2.45) is 7.05 Å². The van der Waals surface area contributed by atoms with Gasteiger partial charge >= 0.3 is 5.97 Å². The van der Waals surface area contributed by atoms with E-state index in [0.29, 0.717) is 5.88 Å². The van der Waals surface area contributed by atoms with Gasteiger partial charge in [-0.1, -0.05) is 6.92 Å². The van der Waals surface area contributed by atoms with Gasteiger partial charge in [0.1, 0.15) is 0 Å². The molecule has 0 aliphatic carbocycles. The van der Waals surface area contributed by atoms with Crippen molar-refractivity contribution in [3.05, 3.63) is 11.8 Å². The van der Waals surface area contributed by atoms with Crippen LogP contribution in [-0.4, -0.2) is 27.5 Å². The molecule has 0 atom stereocenters. The molecule has 5 nitrogen and oxygen atoms in total. The fraction of sp³-hybridized carbons (Fsp3) is 0.500. The van der Waals surface area contributed by atoms with E-state index < -0.39 is 5.97 Å². The molecule has 1 heterocycles. The zero-order chi connectivity index (χ0) is 9.84. The number of hydrogen-bond donors (Lipinski definition) is 1. The standard InChI is InChI=1S/C8H12N2O3/c1-3-6-4-7(10(2)9-6)13-5-8(11)12/h4H,3,5H2,1-2H3,(H,11,12). The lowest BCUT2D eigenvalue weighted by Crippen LogP contribution is -2.11. The highest BCUT2D eigenvalue weighted by Crippen LogP contribution is 2.11. The quantitative estimate of drug-likeness (QED) is 0.737. The first-order chi connectivity index (χ1) is 6.13. The van der Waals surface area contributed by atoms with E-state index in [1.54, 1.807) is 13.1 Å². The van der Waals surface area contributed by atoms with Crippen molar-refractivity contribution in [2.75, 3.05) is 6.61 Å². The molecule has 0 radical (unpaired) electrons. The normalized spacial score (nSPS) is 10.0. The van der Waals surface area contributed by atoms with E-state index in [4.69, 9.17) is 9.84 Å². The van der Waals surface area contributed by atoms with Crippen LogP contribution in [0.3, 0.4) is 0 Å². The van der Waals surface area contributed by atoms with Crippen LogP contribution in [-0.2, 0) is 18.3 Å².